The van der Waals surface area contributed by atoms with E-state index in [0.29, 0.717) is 5.56 Å². The predicted molar refractivity (Wildman–Crippen MR) is 76.5 cm³/mol. The summed E-state index contributed by atoms with van der Waals surface area (Å²) in [7, 11) is -1.34. The standard InChI is InChI=1S/C14H22FNO2S/c1-13(2,3)19(18)16-14(4,9-10-17)11-7-5-6-8-12(11)15/h5-8,16-17H,9-10H2,1-4H3/t14-,19+/m0/s1. The van der Waals surface area contributed by atoms with E-state index in [1.54, 1.807) is 25.1 Å². The molecule has 2 N–H and O–H groups in total. The van der Waals surface area contributed by atoms with Gasteiger partial charge in [-0.05, 0) is 40.2 Å². The van der Waals surface area contributed by atoms with E-state index in [1.165, 1.54) is 6.07 Å². The largest absolute Gasteiger partial charge is 0.396 e. The first-order chi connectivity index (χ1) is 8.70. The van der Waals surface area contributed by atoms with Gasteiger partial charge in [0.15, 0.2) is 0 Å². The Balaban J connectivity index is 3.11. The van der Waals surface area contributed by atoms with Crippen molar-refractivity contribution in [2.75, 3.05) is 6.61 Å². The van der Waals surface area contributed by atoms with Gasteiger partial charge in [0.25, 0.3) is 0 Å². The van der Waals surface area contributed by atoms with Crippen molar-refractivity contribution >= 4 is 11.0 Å². The summed E-state index contributed by atoms with van der Waals surface area (Å²) in [5.74, 6) is -0.364. The van der Waals surface area contributed by atoms with Crippen LogP contribution in [-0.4, -0.2) is 20.7 Å². The topological polar surface area (TPSA) is 49.3 Å². The number of aliphatic hydroxyl groups excluding tert-OH is 1. The number of rotatable bonds is 5. The van der Waals surface area contributed by atoms with E-state index in [1.807, 2.05) is 20.8 Å². The molecule has 2 atom stereocenters. The van der Waals surface area contributed by atoms with Crippen molar-refractivity contribution in [2.24, 2.45) is 0 Å². The van der Waals surface area contributed by atoms with Crippen LogP contribution in [0.15, 0.2) is 24.3 Å². The molecule has 0 radical (unpaired) electrons. The fourth-order valence-electron chi connectivity index (χ4n) is 1.73. The Labute approximate surface area is 116 Å². The second-order valence-corrected chi connectivity index (χ2v) is 7.74. The molecule has 0 aliphatic carbocycles. The van der Waals surface area contributed by atoms with Gasteiger partial charge in [-0.3, -0.25) is 0 Å². The van der Waals surface area contributed by atoms with E-state index in [2.05, 4.69) is 4.72 Å². The number of hydrogen-bond donors (Lipinski definition) is 2. The zero-order valence-corrected chi connectivity index (χ0v) is 12.7. The molecule has 0 aromatic heterocycles. The highest BCUT2D eigenvalue weighted by Crippen LogP contribution is 2.28. The average molecular weight is 287 g/mol. The van der Waals surface area contributed by atoms with Gasteiger partial charge >= 0.3 is 0 Å². The second kappa shape index (κ2) is 6.11. The van der Waals surface area contributed by atoms with Gasteiger partial charge < -0.3 is 5.11 Å². The van der Waals surface area contributed by atoms with E-state index in [4.69, 9.17) is 0 Å². The van der Waals surface area contributed by atoms with Crippen molar-refractivity contribution in [1.29, 1.82) is 0 Å². The van der Waals surface area contributed by atoms with Gasteiger partial charge in [0.2, 0.25) is 0 Å². The summed E-state index contributed by atoms with van der Waals surface area (Å²) in [5, 5.41) is 9.21. The molecule has 3 nitrogen and oxygen atoms in total. The molecule has 1 aromatic rings. The van der Waals surface area contributed by atoms with Crippen LogP contribution >= 0.6 is 0 Å². The van der Waals surface area contributed by atoms with Crippen molar-refractivity contribution < 1.29 is 13.7 Å². The summed E-state index contributed by atoms with van der Waals surface area (Å²) in [6, 6.07) is 6.36. The van der Waals surface area contributed by atoms with Crippen molar-refractivity contribution in [1.82, 2.24) is 4.72 Å². The maximum Gasteiger partial charge on any atom is 0.128 e. The Morgan fingerprint density at radius 2 is 1.84 bits per heavy atom. The molecular weight excluding hydrogens is 265 g/mol. The molecule has 0 heterocycles. The smallest absolute Gasteiger partial charge is 0.128 e. The normalized spacial score (nSPS) is 16.9. The Kier molecular flexibility index (Phi) is 5.24. The highest BCUT2D eigenvalue weighted by atomic mass is 32.2. The van der Waals surface area contributed by atoms with Gasteiger partial charge in [-0.1, -0.05) is 18.2 Å². The summed E-state index contributed by atoms with van der Waals surface area (Å²) in [6.45, 7) is 7.18. The summed E-state index contributed by atoms with van der Waals surface area (Å²) in [5.41, 5.74) is -0.445. The van der Waals surface area contributed by atoms with Crippen molar-refractivity contribution in [3.8, 4) is 0 Å². The molecule has 108 valence electrons. The highest BCUT2D eigenvalue weighted by Gasteiger charge is 2.33. The Morgan fingerprint density at radius 3 is 2.32 bits per heavy atom. The third-order valence-corrected chi connectivity index (χ3v) is 4.70. The van der Waals surface area contributed by atoms with E-state index in [-0.39, 0.29) is 18.8 Å². The number of nitrogens with one attached hydrogen (secondary N) is 1. The Hall–Kier alpha value is -0.780. The monoisotopic (exact) mass is 287 g/mol. The molecule has 1 aromatic carbocycles. The summed E-state index contributed by atoms with van der Waals surface area (Å²) < 4.78 is 28.7. The van der Waals surface area contributed by atoms with Crippen LogP contribution in [0.25, 0.3) is 0 Å². The van der Waals surface area contributed by atoms with Crippen LogP contribution in [-0.2, 0) is 16.5 Å². The molecule has 1 rings (SSSR count). The molecule has 0 amide bonds. The first-order valence-electron chi connectivity index (χ1n) is 6.26. The maximum atomic E-state index is 13.9. The number of aliphatic hydroxyl groups is 1. The highest BCUT2D eigenvalue weighted by molar-refractivity contribution is 7.84. The fourth-order valence-corrected chi connectivity index (χ4v) is 2.66. The van der Waals surface area contributed by atoms with Crippen molar-refractivity contribution in [3.05, 3.63) is 35.6 Å². The molecular formula is C14H22FNO2S. The first-order valence-corrected chi connectivity index (χ1v) is 7.41. The molecule has 0 bridgehead atoms. The lowest BCUT2D eigenvalue weighted by molar-refractivity contribution is 0.235. The molecule has 0 aliphatic heterocycles. The van der Waals surface area contributed by atoms with Crippen LogP contribution in [0.4, 0.5) is 4.39 Å². The fraction of sp³-hybridized carbons (Fsp3) is 0.571. The minimum atomic E-state index is -1.34. The zero-order chi connectivity index (χ0) is 14.7. The molecule has 0 aliphatic rings. The van der Waals surface area contributed by atoms with E-state index in [0.717, 1.165) is 0 Å². The number of hydrogen-bond acceptors (Lipinski definition) is 2. The number of halogens is 1. The van der Waals surface area contributed by atoms with Crippen LogP contribution in [0.3, 0.4) is 0 Å². The lowest BCUT2D eigenvalue weighted by Crippen LogP contribution is -2.47. The molecule has 0 spiro atoms. The van der Waals surface area contributed by atoms with Crippen molar-refractivity contribution in [3.63, 3.8) is 0 Å². The molecule has 5 heteroatoms. The van der Waals surface area contributed by atoms with E-state index < -0.39 is 21.3 Å². The van der Waals surface area contributed by atoms with Crippen LogP contribution in [0, 0.1) is 5.82 Å². The van der Waals surface area contributed by atoms with Crippen LogP contribution in [0.2, 0.25) is 0 Å². The molecule has 0 fully saturated rings. The van der Waals surface area contributed by atoms with Gasteiger partial charge in [-0.25, -0.2) is 13.3 Å². The van der Waals surface area contributed by atoms with Crippen LogP contribution in [0.5, 0.6) is 0 Å². The van der Waals surface area contributed by atoms with E-state index in [9.17, 15) is 13.7 Å². The van der Waals surface area contributed by atoms with Gasteiger partial charge in [0.05, 0.1) is 21.3 Å². The predicted octanol–water partition coefficient (Wildman–Crippen LogP) is 2.48. The minimum absolute atomic E-state index is 0.112. The summed E-state index contributed by atoms with van der Waals surface area (Å²) in [4.78, 5) is 0. The summed E-state index contributed by atoms with van der Waals surface area (Å²) in [6.07, 6.45) is 0.287. The SMILES string of the molecule is CC(C)(C)[S@@](=O)N[C@@](C)(CCO)c1ccccc1F. The average Bonchev–Trinajstić information content (AvgIpc) is 2.28. The second-order valence-electron chi connectivity index (χ2n) is 5.77. The third kappa shape index (κ3) is 4.09. The molecule has 19 heavy (non-hydrogen) atoms. The lowest BCUT2D eigenvalue weighted by Gasteiger charge is -2.33. The summed E-state index contributed by atoms with van der Waals surface area (Å²) >= 11 is 0. The van der Waals surface area contributed by atoms with Gasteiger partial charge in [-0.2, -0.15) is 0 Å². The zero-order valence-electron chi connectivity index (χ0n) is 11.9. The van der Waals surface area contributed by atoms with Crippen molar-refractivity contribution in [2.45, 2.75) is 44.4 Å². The Morgan fingerprint density at radius 1 is 1.26 bits per heavy atom. The molecule has 0 saturated carbocycles. The maximum absolute atomic E-state index is 13.9. The first kappa shape index (κ1) is 16.3. The molecule has 0 unspecified atom stereocenters. The lowest BCUT2D eigenvalue weighted by atomic mass is 9.90. The quantitative estimate of drug-likeness (QED) is 0.874. The van der Waals surface area contributed by atoms with E-state index >= 15 is 0 Å². The Bertz CT molecular complexity index is 459. The minimum Gasteiger partial charge on any atom is -0.396 e. The van der Waals surface area contributed by atoms with Crippen LogP contribution < -0.4 is 4.72 Å². The van der Waals surface area contributed by atoms with Crippen LogP contribution in [0.1, 0.15) is 39.7 Å². The van der Waals surface area contributed by atoms with Gasteiger partial charge in [-0.15, -0.1) is 0 Å². The molecule has 0 saturated heterocycles. The van der Waals surface area contributed by atoms with Gasteiger partial charge in [0.1, 0.15) is 5.82 Å². The third-order valence-electron chi connectivity index (χ3n) is 2.95. The number of benzene rings is 1. The van der Waals surface area contributed by atoms with Gasteiger partial charge in [0, 0.05) is 12.2 Å².